The van der Waals surface area contributed by atoms with Crippen molar-refractivity contribution in [3.63, 3.8) is 0 Å². The Balaban J connectivity index is 1.61. The Morgan fingerprint density at radius 2 is 2.00 bits per heavy atom. The largest absolute Gasteiger partial charge is 0.308 e. The Bertz CT molecular complexity index is 439. The lowest BCUT2D eigenvalue weighted by molar-refractivity contribution is 0.234. The SMILES string of the molecule is CC(CNC1CCCCc2ccccc21)N(C)C1CC1. The molecule has 0 amide bonds. The van der Waals surface area contributed by atoms with E-state index >= 15 is 0 Å². The van der Waals surface area contributed by atoms with Crippen LogP contribution in [0.5, 0.6) is 0 Å². The fraction of sp³-hybridized carbons (Fsp3) is 0.667. The predicted octanol–water partition coefficient (Wildman–Crippen LogP) is 3.53. The van der Waals surface area contributed by atoms with Gasteiger partial charge in [-0.3, -0.25) is 4.90 Å². The van der Waals surface area contributed by atoms with Crippen LogP contribution in [0.15, 0.2) is 24.3 Å². The first-order valence-electron chi connectivity index (χ1n) is 8.29. The Morgan fingerprint density at radius 3 is 2.80 bits per heavy atom. The molecule has 1 aromatic rings. The molecule has 2 aliphatic rings. The van der Waals surface area contributed by atoms with E-state index in [0.29, 0.717) is 12.1 Å². The summed E-state index contributed by atoms with van der Waals surface area (Å²) in [4.78, 5) is 2.55. The van der Waals surface area contributed by atoms with Crippen LogP contribution in [0, 0.1) is 0 Å². The first-order valence-corrected chi connectivity index (χ1v) is 8.29. The van der Waals surface area contributed by atoms with Gasteiger partial charge in [-0.05, 0) is 57.2 Å². The first-order chi connectivity index (χ1) is 9.75. The number of nitrogens with one attached hydrogen (secondary N) is 1. The van der Waals surface area contributed by atoms with Crippen LogP contribution in [0.4, 0.5) is 0 Å². The zero-order valence-corrected chi connectivity index (χ0v) is 12.9. The van der Waals surface area contributed by atoms with Crippen molar-refractivity contribution in [2.24, 2.45) is 0 Å². The molecular formula is C18H28N2. The van der Waals surface area contributed by atoms with E-state index in [1.165, 1.54) is 38.5 Å². The average Bonchev–Trinajstić information content (AvgIpc) is 3.31. The smallest absolute Gasteiger partial charge is 0.0323 e. The Hall–Kier alpha value is -0.860. The minimum absolute atomic E-state index is 0.559. The maximum absolute atomic E-state index is 3.84. The van der Waals surface area contributed by atoms with E-state index in [2.05, 4.69) is 48.5 Å². The highest BCUT2D eigenvalue weighted by Crippen LogP contribution is 2.29. The number of hydrogen-bond acceptors (Lipinski definition) is 2. The normalized spacial score (nSPS) is 24.2. The van der Waals surface area contributed by atoms with Crippen LogP contribution < -0.4 is 5.32 Å². The van der Waals surface area contributed by atoms with E-state index in [4.69, 9.17) is 0 Å². The molecule has 0 heterocycles. The molecular weight excluding hydrogens is 244 g/mol. The summed E-state index contributed by atoms with van der Waals surface area (Å²) in [5, 5.41) is 3.84. The molecule has 0 bridgehead atoms. The van der Waals surface area contributed by atoms with E-state index in [1.807, 2.05) is 0 Å². The highest BCUT2D eigenvalue weighted by molar-refractivity contribution is 5.31. The second kappa shape index (κ2) is 6.28. The standard InChI is InChI=1S/C18H28N2/c1-14(20(2)16-11-12-16)13-19-18-10-6-4-8-15-7-3-5-9-17(15)18/h3,5,7,9,14,16,18-19H,4,6,8,10-13H2,1-2H3. The molecule has 20 heavy (non-hydrogen) atoms. The van der Waals surface area contributed by atoms with Crippen LogP contribution in [0.25, 0.3) is 0 Å². The quantitative estimate of drug-likeness (QED) is 0.825. The predicted molar refractivity (Wildman–Crippen MR) is 85.0 cm³/mol. The number of nitrogens with zero attached hydrogens (tertiary/aromatic N) is 1. The van der Waals surface area contributed by atoms with Gasteiger partial charge in [-0.25, -0.2) is 0 Å². The highest BCUT2D eigenvalue weighted by atomic mass is 15.2. The molecule has 0 spiro atoms. The summed E-state index contributed by atoms with van der Waals surface area (Å²) in [6.45, 7) is 3.46. The molecule has 110 valence electrons. The van der Waals surface area contributed by atoms with Gasteiger partial charge < -0.3 is 5.32 Å². The Labute approximate surface area is 123 Å². The third-order valence-electron chi connectivity index (χ3n) is 5.10. The molecule has 2 aliphatic carbocycles. The Morgan fingerprint density at radius 1 is 1.20 bits per heavy atom. The number of likely N-dealkylation sites (N-methyl/N-ethyl adjacent to an activating group) is 1. The Kier molecular flexibility index (Phi) is 4.42. The summed E-state index contributed by atoms with van der Waals surface area (Å²) in [6, 6.07) is 11.1. The summed E-state index contributed by atoms with van der Waals surface area (Å²) in [7, 11) is 2.28. The zero-order valence-electron chi connectivity index (χ0n) is 12.9. The lowest BCUT2D eigenvalue weighted by Gasteiger charge is -2.28. The van der Waals surface area contributed by atoms with E-state index in [9.17, 15) is 0 Å². The number of rotatable bonds is 5. The summed E-state index contributed by atoms with van der Waals surface area (Å²) >= 11 is 0. The van der Waals surface area contributed by atoms with Crippen molar-refractivity contribution in [1.82, 2.24) is 10.2 Å². The van der Waals surface area contributed by atoms with Gasteiger partial charge in [0.05, 0.1) is 0 Å². The topological polar surface area (TPSA) is 15.3 Å². The van der Waals surface area contributed by atoms with Gasteiger partial charge in [0, 0.05) is 24.7 Å². The van der Waals surface area contributed by atoms with Crippen LogP contribution in [-0.4, -0.2) is 30.6 Å². The van der Waals surface area contributed by atoms with Gasteiger partial charge in [-0.15, -0.1) is 0 Å². The number of aryl methyl sites for hydroxylation is 1. The van der Waals surface area contributed by atoms with Crippen molar-refractivity contribution in [2.45, 2.75) is 63.6 Å². The third-order valence-corrected chi connectivity index (χ3v) is 5.10. The van der Waals surface area contributed by atoms with E-state index in [1.54, 1.807) is 11.1 Å². The van der Waals surface area contributed by atoms with Crippen LogP contribution in [-0.2, 0) is 6.42 Å². The van der Waals surface area contributed by atoms with Gasteiger partial charge in [-0.1, -0.05) is 30.7 Å². The molecule has 2 heteroatoms. The van der Waals surface area contributed by atoms with Gasteiger partial charge in [0.1, 0.15) is 0 Å². The van der Waals surface area contributed by atoms with Gasteiger partial charge in [0.2, 0.25) is 0 Å². The van der Waals surface area contributed by atoms with Crippen LogP contribution in [0.1, 0.15) is 56.2 Å². The first kappa shape index (κ1) is 14.1. The maximum Gasteiger partial charge on any atom is 0.0323 e. The van der Waals surface area contributed by atoms with E-state index in [0.717, 1.165) is 12.6 Å². The molecule has 0 aliphatic heterocycles. The summed E-state index contributed by atoms with van der Waals surface area (Å²) < 4.78 is 0. The fourth-order valence-corrected chi connectivity index (χ4v) is 3.43. The zero-order chi connectivity index (χ0) is 13.9. The minimum atomic E-state index is 0.559. The van der Waals surface area contributed by atoms with Crippen LogP contribution >= 0.6 is 0 Å². The number of hydrogen-bond donors (Lipinski definition) is 1. The van der Waals surface area contributed by atoms with Crippen LogP contribution in [0.2, 0.25) is 0 Å². The average molecular weight is 272 g/mol. The summed E-state index contributed by atoms with van der Waals surface area (Å²) in [5.74, 6) is 0. The molecule has 1 saturated carbocycles. The summed E-state index contributed by atoms with van der Waals surface area (Å²) in [5.41, 5.74) is 3.11. The maximum atomic E-state index is 3.84. The second-order valence-electron chi connectivity index (χ2n) is 6.65. The highest BCUT2D eigenvalue weighted by Gasteiger charge is 2.29. The molecule has 1 fully saturated rings. The molecule has 0 aromatic heterocycles. The molecule has 2 atom stereocenters. The molecule has 1 N–H and O–H groups in total. The molecule has 1 aromatic carbocycles. The third kappa shape index (κ3) is 3.24. The monoisotopic (exact) mass is 272 g/mol. The lowest BCUT2D eigenvalue weighted by atomic mass is 9.99. The fourth-order valence-electron chi connectivity index (χ4n) is 3.43. The minimum Gasteiger partial charge on any atom is -0.308 e. The number of fused-ring (bicyclic) bond motifs is 1. The second-order valence-corrected chi connectivity index (χ2v) is 6.65. The van der Waals surface area contributed by atoms with E-state index < -0.39 is 0 Å². The molecule has 2 nitrogen and oxygen atoms in total. The van der Waals surface area contributed by atoms with Crippen molar-refractivity contribution in [2.75, 3.05) is 13.6 Å². The van der Waals surface area contributed by atoms with E-state index in [-0.39, 0.29) is 0 Å². The van der Waals surface area contributed by atoms with Crippen molar-refractivity contribution in [3.8, 4) is 0 Å². The van der Waals surface area contributed by atoms with Gasteiger partial charge in [0.25, 0.3) is 0 Å². The number of benzene rings is 1. The van der Waals surface area contributed by atoms with Gasteiger partial charge in [-0.2, -0.15) is 0 Å². The van der Waals surface area contributed by atoms with Crippen molar-refractivity contribution in [1.29, 1.82) is 0 Å². The van der Waals surface area contributed by atoms with Crippen molar-refractivity contribution >= 4 is 0 Å². The van der Waals surface area contributed by atoms with Crippen molar-refractivity contribution in [3.05, 3.63) is 35.4 Å². The summed E-state index contributed by atoms with van der Waals surface area (Å²) in [6.07, 6.45) is 8.02. The molecule has 2 unspecified atom stereocenters. The van der Waals surface area contributed by atoms with Gasteiger partial charge in [0.15, 0.2) is 0 Å². The molecule has 3 rings (SSSR count). The van der Waals surface area contributed by atoms with Crippen molar-refractivity contribution < 1.29 is 0 Å². The lowest BCUT2D eigenvalue weighted by Crippen LogP contribution is -2.40. The molecule has 0 saturated heterocycles. The van der Waals surface area contributed by atoms with Gasteiger partial charge >= 0.3 is 0 Å². The molecule has 0 radical (unpaired) electrons. The van der Waals surface area contributed by atoms with Crippen LogP contribution in [0.3, 0.4) is 0 Å².